The van der Waals surface area contributed by atoms with Gasteiger partial charge in [0.2, 0.25) is 5.91 Å². The first-order chi connectivity index (χ1) is 13.2. The lowest BCUT2D eigenvalue weighted by Gasteiger charge is -2.38. The number of piperidine rings is 2. The minimum absolute atomic E-state index is 0.163. The highest BCUT2D eigenvalue weighted by Gasteiger charge is 2.40. The van der Waals surface area contributed by atoms with Gasteiger partial charge in [0.1, 0.15) is 6.04 Å². The lowest BCUT2D eigenvalue weighted by Crippen LogP contribution is -3.21. The van der Waals surface area contributed by atoms with E-state index < -0.39 is 0 Å². The summed E-state index contributed by atoms with van der Waals surface area (Å²) in [6.45, 7) is 3.07. The molecule has 0 radical (unpaired) electrons. The molecule has 27 heavy (non-hydrogen) atoms. The first-order valence-corrected chi connectivity index (χ1v) is 10.6. The highest BCUT2D eigenvalue weighted by molar-refractivity contribution is 5.78. The summed E-state index contributed by atoms with van der Waals surface area (Å²) in [6.07, 6.45) is 7.29. The molecule has 2 amide bonds. The second kappa shape index (κ2) is 8.42. The molecular formula is C22H32N3O2+. The Morgan fingerprint density at radius 1 is 1.07 bits per heavy atom. The van der Waals surface area contributed by atoms with E-state index in [0.717, 1.165) is 51.7 Å². The number of quaternary nitrogens is 1. The van der Waals surface area contributed by atoms with E-state index in [-0.39, 0.29) is 11.8 Å². The normalized spacial score (nSPS) is 29.1. The van der Waals surface area contributed by atoms with Crippen molar-refractivity contribution in [2.24, 2.45) is 5.92 Å². The van der Waals surface area contributed by atoms with E-state index in [1.54, 1.807) is 0 Å². The Kier molecular flexibility index (Phi) is 5.77. The zero-order chi connectivity index (χ0) is 18.6. The third kappa shape index (κ3) is 4.52. The van der Waals surface area contributed by atoms with E-state index in [1.807, 2.05) is 0 Å². The maximum atomic E-state index is 13.0. The molecule has 3 saturated heterocycles. The van der Waals surface area contributed by atoms with E-state index in [1.165, 1.54) is 16.9 Å². The second-order valence-electron chi connectivity index (χ2n) is 8.60. The van der Waals surface area contributed by atoms with Gasteiger partial charge in [-0.2, -0.15) is 0 Å². The van der Waals surface area contributed by atoms with Gasteiger partial charge in [-0.05, 0) is 37.2 Å². The molecule has 1 unspecified atom stereocenters. The van der Waals surface area contributed by atoms with Gasteiger partial charge in [-0.1, -0.05) is 30.3 Å². The van der Waals surface area contributed by atoms with Gasteiger partial charge in [0.05, 0.1) is 19.0 Å². The average molecular weight is 371 g/mol. The van der Waals surface area contributed by atoms with Crippen molar-refractivity contribution in [1.82, 2.24) is 10.2 Å². The number of rotatable bonds is 4. The van der Waals surface area contributed by atoms with Gasteiger partial charge in [0.25, 0.3) is 5.91 Å². The van der Waals surface area contributed by atoms with Crippen molar-refractivity contribution in [3.05, 3.63) is 35.9 Å². The summed E-state index contributed by atoms with van der Waals surface area (Å²) in [5, 5.41) is 3.04. The van der Waals surface area contributed by atoms with Crippen LogP contribution < -0.4 is 10.2 Å². The molecule has 4 rings (SSSR count). The number of fused-ring (bicyclic) bond motifs is 2. The molecular weight excluding hydrogens is 338 g/mol. The Balaban J connectivity index is 1.30. The van der Waals surface area contributed by atoms with Gasteiger partial charge in [-0.25, -0.2) is 0 Å². The number of likely N-dealkylation sites (tertiary alicyclic amines) is 1. The molecule has 2 N–H and O–H groups in total. The molecule has 2 bridgehead atoms. The number of hydrogen-bond acceptors (Lipinski definition) is 2. The van der Waals surface area contributed by atoms with Crippen LogP contribution in [0.1, 0.15) is 44.1 Å². The third-order valence-corrected chi connectivity index (χ3v) is 6.82. The summed E-state index contributed by atoms with van der Waals surface area (Å²) in [5.74, 6) is 1.13. The molecule has 5 nitrogen and oxygen atoms in total. The largest absolute Gasteiger partial charge is 0.350 e. The maximum Gasteiger partial charge on any atom is 0.277 e. The fourth-order valence-electron chi connectivity index (χ4n) is 5.22. The Morgan fingerprint density at radius 3 is 2.59 bits per heavy atom. The van der Waals surface area contributed by atoms with E-state index in [9.17, 15) is 9.59 Å². The van der Waals surface area contributed by atoms with Crippen LogP contribution in [0.4, 0.5) is 0 Å². The second-order valence-corrected chi connectivity index (χ2v) is 8.60. The van der Waals surface area contributed by atoms with Crippen molar-refractivity contribution in [2.45, 2.75) is 57.0 Å². The van der Waals surface area contributed by atoms with Crippen molar-refractivity contribution in [1.29, 1.82) is 0 Å². The maximum absolute atomic E-state index is 13.0. The van der Waals surface area contributed by atoms with Crippen LogP contribution in [0.15, 0.2) is 30.3 Å². The zero-order valence-corrected chi connectivity index (χ0v) is 16.2. The van der Waals surface area contributed by atoms with Gasteiger partial charge in [-0.15, -0.1) is 0 Å². The Hall–Kier alpha value is -1.88. The van der Waals surface area contributed by atoms with Crippen molar-refractivity contribution in [2.75, 3.05) is 26.2 Å². The van der Waals surface area contributed by atoms with Crippen LogP contribution in [-0.4, -0.2) is 55.0 Å². The zero-order valence-electron chi connectivity index (χ0n) is 16.2. The highest BCUT2D eigenvalue weighted by atomic mass is 16.2. The molecule has 0 saturated carbocycles. The minimum Gasteiger partial charge on any atom is -0.350 e. The molecule has 3 fully saturated rings. The van der Waals surface area contributed by atoms with Gasteiger partial charge in [0.15, 0.2) is 6.54 Å². The smallest absolute Gasteiger partial charge is 0.277 e. The fraction of sp³-hybridized carbons (Fsp3) is 0.636. The van der Waals surface area contributed by atoms with Crippen LogP contribution in [-0.2, 0) is 16.0 Å². The van der Waals surface area contributed by atoms with Gasteiger partial charge in [-0.3, -0.25) is 9.59 Å². The van der Waals surface area contributed by atoms with Crippen LogP contribution in [0.5, 0.6) is 0 Å². The lowest BCUT2D eigenvalue weighted by atomic mass is 9.90. The third-order valence-electron chi connectivity index (χ3n) is 6.82. The lowest BCUT2D eigenvalue weighted by molar-refractivity contribution is -0.945. The summed E-state index contributed by atoms with van der Waals surface area (Å²) in [5.41, 5.74) is 1.40. The molecule has 1 aromatic carbocycles. The Morgan fingerprint density at radius 2 is 1.81 bits per heavy atom. The van der Waals surface area contributed by atoms with Crippen LogP contribution >= 0.6 is 0 Å². The summed E-state index contributed by atoms with van der Waals surface area (Å²) >= 11 is 0. The van der Waals surface area contributed by atoms with Crippen LogP contribution in [0.3, 0.4) is 0 Å². The molecule has 5 heteroatoms. The Bertz CT molecular complexity index is 655. The number of amides is 2. The van der Waals surface area contributed by atoms with Crippen LogP contribution in [0.25, 0.3) is 0 Å². The van der Waals surface area contributed by atoms with E-state index in [0.29, 0.717) is 31.0 Å². The Labute approximate surface area is 162 Å². The summed E-state index contributed by atoms with van der Waals surface area (Å²) in [4.78, 5) is 28.3. The molecule has 0 aromatic heterocycles. The molecule has 1 aromatic rings. The minimum atomic E-state index is 0.163. The first-order valence-electron chi connectivity index (χ1n) is 10.6. The van der Waals surface area contributed by atoms with Gasteiger partial charge in [0, 0.05) is 25.9 Å². The fourth-order valence-corrected chi connectivity index (χ4v) is 5.22. The van der Waals surface area contributed by atoms with Gasteiger partial charge >= 0.3 is 0 Å². The predicted molar refractivity (Wildman–Crippen MR) is 104 cm³/mol. The standard InChI is InChI=1S/C22H31N3O2/c26-21-14-19-7-4-8-20(15-23-21)25(19)16-22(27)24-11-9-18(10-12-24)13-17-5-2-1-3-6-17/h1-3,5-6,18-20H,4,7-16H2,(H,23,26)/p+1/t19-,20+/m0/s1. The summed E-state index contributed by atoms with van der Waals surface area (Å²) in [6, 6.07) is 11.4. The quantitative estimate of drug-likeness (QED) is 0.824. The topological polar surface area (TPSA) is 53.9 Å². The number of benzene rings is 1. The van der Waals surface area contributed by atoms with E-state index >= 15 is 0 Å². The van der Waals surface area contributed by atoms with E-state index in [4.69, 9.17) is 0 Å². The molecule has 0 spiro atoms. The summed E-state index contributed by atoms with van der Waals surface area (Å²) in [7, 11) is 0. The van der Waals surface area contributed by atoms with Crippen molar-refractivity contribution in [3.63, 3.8) is 0 Å². The molecule has 0 aliphatic carbocycles. The van der Waals surface area contributed by atoms with Gasteiger partial charge < -0.3 is 15.1 Å². The molecule has 3 aliphatic rings. The number of carbonyl (C=O) groups is 2. The van der Waals surface area contributed by atoms with Crippen molar-refractivity contribution in [3.8, 4) is 0 Å². The predicted octanol–water partition coefficient (Wildman–Crippen LogP) is 0.794. The van der Waals surface area contributed by atoms with E-state index in [2.05, 4.69) is 40.5 Å². The number of nitrogens with one attached hydrogen (secondary N) is 2. The number of nitrogens with zero attached hydrogens (tertiary/aromatic N) is 1. The highest BCUT2D eigenvalue weighted by Crippen LogP contribution is 2.21. The number of carbonyl (C=O) groups excluding carboxylic acids is 2. The molecule has 3 heterocycles. The van der Waals surface area contributed by atoms with Crippen LogP contribution in [0.2, 0.25) is 0 Å². The average Bonchev–Trinajstić information content (AvgIpc) is 2.76. The summed E-state index contributed by atoms with van der Waals surface area (Å²) < 4.78 is 0. The number of hydrogen-bond donors (Lipinski definition) is 2. The SMILES string of the molecule is O=C1C[C@@H]2CCC[C@H](CN1)[NH+]2CC(=O)N1CCC(Cc2ccccc2)CC1. The van der Waals surface area contributed by atoms with Crippen molar-refractivity contribution < 1.29 is 14.5 Å². The van der Waals surface area contributed by atoms with Crippen LogP contribution in [0, 0.1) is 5.92 Å². The monoisotopic (exact) mass is 370 g/mol. The molecule has 146 valence electrons. The molecule has 3 aliphatic heterocycles. The van der Waals surface area contributed by atoms with Crippen molar-refractivity contribution >= 4 is 11.8 Å². The molecule has 3 atom stereocenters. The first kappa shape index (κ1) is 18.5.